The van der Waals surface area contributed by atoms with Crippen molar-refractivity contribution in [3.63, 3.8) is 0 Å². The van der Waals surface area contributed by atoms with Crippen LogP contribution in [0.5, 0.6) is 0 Å². The number of carbonyl (C=O) groups excluding carboxylic acids is 1. The summed E-state index contributed by atoms with van der Waals surface area (Å²) in [6.45, 7) is 11.6. The molecule has 0 bridgehead atoms. The minimum Gasteiger partial charge on any atom is -0.356 e. The Morgan fingerprint density at radius 3 is 2.24 bits per heavy atom. The number of hydrogen-bond acceptors (Lipinski definition) is 5. The first kappa shape index (κ1) is 18.0. The molecule has 1 aromatic heterocycles. The van der Waals surface area contributed by atoms with Crippen LogP contribution in [0, 0.1) is 12.8 Å². The van der Waals surface area contributed by atoms with Gasteiger partial charge >= 0.3 is 0 Å². The van der Waals surface area contributed by atoms with E-state index in [1.807, 2.05) is 11.8 Å². The van der Waals surface area contributed by atoms with E-state index in [4.69, 9.17) is 4.98 Å². The predicted octanol–water partition coefficient (Wildman–Crippen LogP) is 2.47. The van der Waals surface area contributed by atoms with Gasteiger partial charge in [0.05, 0.1) is 0 Å². The molecule has 2 aliphatic rings. The molecule has 25 heavy (non-hydrogen) atoms. The number of nitrogens with zero attached hydrogens (tertiary/aromatic N) is 5. The molecule has 0 atom stereocenters. The molecule has 0 saturated carbocycles. The van der Waals surface area contributed by atoms with Gasteiger partial charge in [-0.2, -0.15) is 4.98 Å². The number of aromatic nitrogens is 2. The highest BCUT2D eigenvalue weighted by Gasteiger charge is 2.27. The molecule has 6 heteroatoms. The van der Waals surface area contributed by atoms with Crippen molar-refractivity contribution in [1.29, 1.82) is 0 Å². The zero-order valence-electron chi connectivity index (χ0n) is 15.9. The molecule has 1 amide bonds. The first-order chi connectivity index (χ1) is 12.1. The molecular formula is C19H31N5O. The van der Waals surface area contributed by atoms with Crippen LogP contribution >= 0.6 is 0 Å². The lowest BCUT2D eigenvalue weighted by Crippen LogP contribution is -2.50. The van der Waals surface area contributed by atoms with Gasteiger partial charge in [-0.1, -0.05) is 13.8 Å². The quantitative estimate of drug-likeness (QED) is 0.820. The summed E-state index contributed by atoms with van der Waals surface area (Å²) in [5.41, 5.74) is 1.02. The second-order valence-electron chi connectivity index (χ2n) is 7.19. The minimum absolute atomic E-state index is 0.170. The van der Waals surface area contributed by atoms with Crippen molar-refractivity contribution < 1.29 is 4.79 Å². The van der Waals surface area contributed by atoms with E-state index in [0.29, 0.717) is 5.91 Å². The van der Waals surface area contributed by atoms with E-state index in [1.165, 1.54) is 12.8 Å². The average molecular weight is 345 g/mol. The number of amides is 1. The summed E-state index contributed by atoms with van der Waals surface area (Å²) in [7, 11) is 0. The molecule has 2 saturated heterocycles. The molecule has 2 aliphatic heterocycles. The van der Waals surface area contributed by atoms with Crippen molar-refractivity contribution in [2.75, 3.05) is 49.1 Å². The summed E-state index contributed by atoms with van der Waals surface area (Å²) in [5.74, 6) is 2.35. The molecule has 2 fully saturated rings. The summed E-state index contributed by atoms with van der Waals surface area (Å²) in [4.78, 5) is 28.6. The fourth-order valence-electron chi connectivity index (χ4n) is 3.81. The Morgan fingerprint density at radius 2 is 1.64 bits per heavy atom. The fraction of sp³-hybridized carbons (Fsp3) is 0.737. The molecule has 0 N–H and O–H groups in total. The van der Waals surface area contributed by atoms with Crippen LogP contribution in [0.4, 0.5) is 11.8 Å². The van der Waals surface area contributed by atoms with Gasteiger partial charge in [-0.05, 0) is 32.6 Å². The number of rotatable bonds is 5. The lowest BCUT2D eigenvalue weighted by Gasteiger charge is -2.36. The van der Waals surface area contributed by atoms with Crippen LogP contribution in [0.15, 0.2) is 6.07 Å². The van der Waals surface area contributed by atoms with Gasteiger partial charge in [0, 0.05) is 56.9 Å². The zero-order valence-corrected chi connectivity index (χ0v) is 15.9. The van der Waals surface area contributed by atoms with Crippen LogP contribution in [-0.2, 0) is 4.79 Å². The van der Waals surface area contributed by atoms with Crippen LogP contribution in [0.3, 0.4) is 0 Å². The number of carbonyl (C=O) groups is 1. The third-order valence-electron chi connectivity index (χ3n) is 5.47. The summed E-state index contributed by atoms with van der Waals surface area (Å²) in [6.07, 6.45) is 4.34. The third kappa shape index (κ3) is 4.05. The Labute approximate surface area is 151 Å². The Balaban J connectivity index is 1.65. The Bertz CT molecular complexity index is 587. The topological polar surface area (TPSA) is 52.6 Å². The summed E-state index contributed by atoms with van der Waals surface area (Å²) in [6, 6.07) is 2.09. The molecular weight excluding hydrogens is 314 g/mol. The number of piperazine rings is 1. The summed E-state index contributed by atoms with van der Waals surface area (Å²) < 4.78 is 0. The maximum Gasteiger partial charge on any atom is 0.227 e. The monoisotopic (exact) mass is 345 g/mol. The highest BCUT2D eigenvalue weighted by Crippen LogP contribution is 2.22. The van der Waals surface area contributed by atoms with Crippen molar-refractivity contribution in [3.8, 4) is 0 Å². The smallest absolute Gasteiger partial charge is 0.227 e. The van der Waals surface area contributed by atoms with Crippen LogP contribution < -0.4 is 9.80 Å². The van der Waals surface area contributed by atoms with Gasteiger partial charge in [-0.15, -0.1) is 0 Å². The second-order valence-corrected chi connectivity index (χ2v) is 7.19. The van der Waals surface area contributed by atoms with Crippen molar-refractivity contribution in [2.24, 2.45) is 5.92 Å². The number of anilines is 2. The molecule has 0 aliphatic carbocycles. The van der Waals surface area contributed by atoms with Crippen LogP contribution in [0.25, 0.3) is 0 Å². The fourth-order valence-corrected chi connectivity index (χ4v) is 3.81. The molecule has 3 heterocycles. The second kappa shape index (κ2) is 8.02. The SMILES string of the molecule is CCC(CC)C(=O)N1CCN(c2nc(C)cc(N3CCCC3)n2)CC1. The van der Waals surface area contributed by atoms with Crippen molar-refractivity contribution >= 4 is 17.7 Å². The lowest BCUT2D eigenvalue weighted by atomic mass is 10.0. The molecule has 3 rings (SSSR count). The third-order valence-corrected chi connectivity index (χ3v) is 5.47. The summed E-state index contributed by atoms with van der Waals surface area (Å²) in [5, 5.41) is 0. The van der Waals surface area contributed by atoms with Crippen molar-refractivity contribution in [3.05, 3.63) is 11.8 Å². The van der Waals surface area contributed by atoms with E-state index in [-0.39, 0.29) is 5.92 Å². The molecule has 138 valence electrons. The van der Waals surface area contributed by atoms with Gasteiger partial charge in [-0.25, -0.2) is 4.98 Å². The number of hydrogen-bond donors (Lipinski definition) is 0. The van der Waals surface area contributed by atoms with Crippen molar-refractivity contribution in [1.82, 2.24) is 14.9 Å². The first-order valence-electron chi connectivity index (χ1n) is 9.76. The van der Waals surface area contributed by atoms with Crippen LogP contribution in [0.2, 0.25) is 0 Å². The van der Waals surface area contributed by atoms with Gasteiger partial charge in [0.1, 0.15) is 5.82 Å². The summed E-state index contributed by atoms with van der Waals surface area (Å²) >= 11 is 0. The minimum atomic E-state index is 0.170. The maximum atomic E-state index is 12.6. The first-order valence-corrected chi connectivity index (χ1v) is 9.76. The van der Waals surface area contributed by atoms with Crippen LogP contribution in [-0.4, -0.2) is 60.0 Å². The largest absolute Gasteiger partial charge is 0.356 e. The Hall–Kier alpha value is -1.85. The van der Waals surface area contributed by atoms with E-state index < -0.39 is 0 Å². The zero-order chi connectivity index (χ0) is 17.8. The maximum absolute atomic E-state index is 12.6. The standard InChI is InChI=1S/C19H31N5O/c1-4-16(5-2)18(25)23-10-12-24(13-11-23)19-20-15(3)14-17(21-19)22-8-6-7-9-22/h14,16H,4-13H2,1-3H3. The van der Waals surface area contributed by atoms with Gasteiger partial charge in [0.15, 0.2) is 0 Å². The van der Waals surface area contributed by atoms with E-state index >= 15 is 0 Å². The molecule has 0 aromatic carbocycles. The Morgan fingerprint density at radius 1 is 1.00 bits per heavy atom. The highest BCUT2D eigenvalue weighted by molar-refractivity contribution is 5.79. The number of aryl methyl sites for hydroxylation is 1. The average Bonchev–Trinajstić information content (AvgIpc) is 3.17. The van der Waals surface area contributed by atoms with E-state index in [1.54, 1.807) is 0 Å². The molecule has 0 radical (unpaired) electrons. The van der Waals surface area contributed by atoms with Crippen molar-refractivity contribution in [2.45, 2.75) is 46.5 Å². The molecule has 0 unspecified atom stereocenters. The van der Waals surface area contributed by atoms with Gasteiger partial charge < -0.3 is 14.7 Å². The van der Waals surface area contributed by atoms with Crippen LogP contribution in [0.1, 0.15) is 45.2 Å². The van der Waals surface area contributed by atoms with E-state index in [0.717, 1.165) is 69.6 Å². The molecule has 1 aromatic rings. The van der Waals surface area contributed by atoms with E-state index in [2.05, 4.69) is 34.7 Å². The predicted molar refractivity (Wildman–Crippen MR) is 101 cm³/mol. The van der Waals surface area contributed by atoms with Gasteiger partial charge in [0.25, 0.3) is 0 Å². The Kier molecular flexibility index (Phi) is 5.76. The van der Waals surface area contributed by atoms with Gasteiger partial charge in [0.2, 0.25) is 11.9 Å². The normalized spacial score (nSPS) is 18.3. The van der Waals surface area contributed by atoms with E-state index in [9.17, 15) is 4.79 Å². The highest BCUT2D eigenvalue weighted by atomic mass is 16.2. The molecule has 6 nitrogen and oxygen atoms in total. The molecule has 0 spiro atoms. The lowest BCUT2D eigenvalue weighted by molar-refractivity contribution is -0.136. The van der Waals surface area contributed by atoms with Gasteiger partial charge in [-0.3, -0.25) is 4.79 Å².